The molecule has 1 aliphatic heterocycles. The van der Waals surface area contributed by atoms with Gasteiger partial charge in [0, 0.05) is 6.04 Å². The largest absolute Gasteiger partial charge is 0.271 e. The van der Waals surface area contributed by atoms with Crippen LogP contribution < -0.4 is 0 Å². The second kappa shape index (κ2) is 3.94. The van der Waals surface area contributed by atoms with Crippen LogP contribution in [0.2, 0.25) is 0 Å². The first kappa shape index (κ1) is 11.5. The number of imide groups is 1. The standard InChI is InChI=1S/C15H17NO2/c1-9(2)13(10-7-8-10)16-14(17)11-5-3-4-6-12(11)15(16)18/h3-6,9-10,13H,7-8H2,1-2H3/t13-/m0/s1. The molecule has 0 saturated heterocycles. The van der Waals surface area contributed by atoms with Crippen LogP contribution in [0.1, 0.15) is 47.4 Å². The van der Waals surface area contributed by atoms with Gasteiger partial charge in [0.1, 0.15) is 0 Å². The van der Waals surface area contributed by atoms with E-state index >= 15 is 0 Å². The summed E-state index contributed by atoms with van der Waals surface area (Å²) >= 11 is 0. The molecule has 1 aromatic carbocycles. The van der Waals surface area contributed by atoms with Gasteiger partial charge in [-0.3, -0.25) is 14.5 Å². The Morgan fingerprint density at radius 1 is 1.06 bits per heavy atom. The van der Waals surface area contributed by atoms with E-state index in [1.807, 2.05) is 12.1 Å². The zero-order chi connectivity index (χ0) is 12.9. The van der Waals surface area contributed by atoms with E-state index in [4.69, 9.17) is 0 Å². The minimum atomic E-state index is -0.110. The van der Waals surface area contributed by atoms with Crippen molar-refractivity contribution < 1.29 is 9.59 Å². The number of hydrogen-bond acceptors (Lipinski definition) is 2. The van der Waals surface area contributed by atoms with E-state index in [2.05, 4.69) is 13.8 Å². The highest BCUT2D eigenvalue weighted by atomic mass is 16.2. The lowest BCUT2D eigenvalue weighted by Gasteiger charge is -2.29. The van der Waals surface area contributed by atoms with Crippen molar-refractivity contribution in [2.24, 2.45) is 11.8 Å². The smallest absolute Gasteiger partial charge is 0.261 e. The molecule has 1 atom stereocenters. The number of carbonyl (C=O) groups excluding carboxylic acids is 2. The molecule has 1 saturated carbocycles. The predicted octanol–water partition coefficient (Wildman–Crippen LogP) is 2.72. The number of carbonyl (C=O) groups is 2. The molecule has 94 valence electrons. The van der Waals surface area contributed by atoms with Crippen molar-refractivity contribution in [3.8, 4) is 0 Å². The molecule has 0 aromatic heterocycles. The molecule has 1 fully saturated rings. The molecule has 18 heavy (non-hydrogen) atoms. The number of amides is 2. The van der Waals surface area contributed by atoms with Gasteiger partial charge in [0.25, 0.3) is 11.8 Å². The molecule has 3 heteroatoms. The second-order valence-corrected chi connectivity index (χ2v) is 5.60. The fraction of sp³-hybridized carbons (Fsp3) is 0.467. The molecule has 3 nitrogen and oxygen atoms in total. The molecule has 0 N–H and O–H groups in total. The number of nitrogens with zero attached hydrogens (tertiary/aromatic N) is 1. The maximum atomic E-state index is 12.4. The van der Waals surface area contributed by atoms with Gasteiger partial charge in [0.2, 0.25) is 0 Å². The van der Waals surface area contributed by atoms with Gasteiger partial charge in [-0.1, -0.05) is 26.0 Å². The zero-order valence-electron chi connectivity index (χ0n) is 10.7. The molecule has 2 amide bonds. The van der Waals surface area contributed by atoms with Crippen LogP contribution in [0.4, 0.5) is 0 Å². The van der Waals surface area contributed by atoms with E-state index in [1.165, 1.54) is 4.90 Å². The second-order valence-electron chi connectivity index (χ2n) is 5.60. The molecule has 1 heterocycles. The van der Waals surface area contributed by atoms with Crippen LogP contribution in [-0.2, 0) is 0 Å². The Bertz CT molecular complexity index is 480. The van der Waals surface area contributed by atoms with Crippen molar-refractivity contribution >= 4 is 11.8 Å². The van der Waals surface area contributed by atoms with E-state index in [0.29, 0.717) is 23.0 Å². The summed E-state index contributed by atoms with van der Waals surface area (Å²) in [6.07, 6.45) is 2.27. The lowest BCUT2D eigenvalue weighted by atomic mass is 9.98. The SMILES string of the molecule is CC(C)[C@@H](C1CC1)N1C(=O)c2ccccc2C1=O. The van der Waals surface area contributed by atoms with Crippen LogP contribution in [-0.4, -0.2) is 22.8 Å². The van der Waals surface area contributed by atoms with Gasteiger partial charge >= 0.3 is 0 Å². The molecule has 1 aliphatic carbocycles. The first-order valence-electron chi connectivity index (χ1n) is 6.58. The van der Waals surface area contributed by atoms with Gasteiger partial charge in [-0.25, -0.2) is 0 Å². The minimum Gasteiger partial charge on any atom is -0.271 e. The van der Waals surface area contributed by atoms with E-state index < -0.39 is 0 Å². The van der Waals surface area contributed by atoms with Gasteiger partial charge < -0.3 is 0 Å². The van der Waals surface area contributed by atoms with Gasteiger partial charge in [-0.2, -0.15) is 0 Å². The molecule has 3 rings (SSSR count). The first-order valence-corrected chi connectivity index (χ1v) is 6.58. The van der Waals surface area contributed by atoms with Crippen molar-refractivity contribution in [3.63, 3.8) is 0 Å². The van der Waals surface area contributed by atoms with Crippen molar-refractivity contribution in [2.75, 3.05) is 0 Å². The first-order chi connectivity index (χ1) is 8.61. The number of rotatable bonds is 3. The molecule has 2 aliphatic rings. The monoisotopic (exact) mass is 243 g/mol. The van der Waals surface area contributed by atoms with Gasteiger partial charge in [0.05, 0.1) is 11.1 Å². The Kier molecular flexibility index (Phi) is 2.51. The van der Waals surface area contributed by atoms with E-state index in [0.717, 1.165) is 12.8 Å². The Hall–Kier alpha value is -1.64. The lowest BCUT2D eigenvalue weighted by Crippen LogP contribution is -2.44. The average molecular weight is 243 g/mol. The summed E-state index contributed by atoms with van der Waals surface area (Å²) in [7, 11) is 0. The zero-order valence-corrected chi connectivity index (χ0v) is 10.7. The Morgan fingerprint density at radius 3 is 1.94 bits per heavy atom. The summed E-state index contributed by atoms with van der Waals surface area (Å²) in [5.41, 5.74) is 1.13. The van der Waals surface area contributed by atoms with Gasteiger partial charge in [-0.05, 0) is 36.8 Å². The molecule has 0 unspecified atom stereocenters. The minimum absolute atomic E-state index is 0.0670. The van der Waals surface area contributed by atoms with Crippen molar-refractivity contribution in [1.82, 2.24) is 4.90 Å². The third kappa shape index (κ3) is 1.57. The number of benzene rings is 1. The summed E-state index contributed by atoms with van der Waals surface area (Å²) in [4.78, 5) is 26.3. The van der Waals surface area contributed by atoms with Crippen molar-refractivity contribution in [3.05, 3.63) is 35.4 Å². The van der Waals surface area contributed by atoms with Crippen LogP contribution in [0.15, 0.2) is 24.3 Å². The fourth-order valence-corrected chi connectivity index (χ4v) is 2.97. The number of hydrogen-bond donors (Lipinski definition) is 0. The maximum absolute atomic E-state index is 12.4. The average Bonchev–Trinajstić information content (AvgIpc) is 3.14. The molecule has 0 spiro atoms. The Morgan fingerprint density at radius 2 is 1.56 bits per heavy atom. The molecule has 1 aromatic rings. The molecule has 0 bridgehead atoms. The third-order valence-corrected chi connectivity index (χ3v) is 3.91. The van der Waals surface area contributed by atoms with Crippen LogP contribution in [0.25, 0.3) is 0 Å². The maximum Gasteiger partial charge on any atom is 0.261 e. The van der Waals surface area contributed by atoms with Crippen LogP contribution in [0.3, 0.4) is 0 Å². The van der Waals surface area contributed by atoms with E-state index in [1.54, 1.807) is 12.1 Å². The number of fused-ring (bicyclic) bond motifs is 1. The summed E-state index contributed by atoms with van der Waals surface area (Å²) in [6, 6.07) is 7.20. The Labute approximate surface area is 107 Å². The molecular weight excluding hydrogens is 226 g/mol. The van der Waals surface area contributed by atoms with Crippen LogP contribution in [0.5, 0.6) is 0 Å². The summed E-state index contributed by atoms with van der Waals surface area (Å²) in [5.74, 6) is 0.606. The molecule has 0 radical (unpaired) electrons. The normalized spacial score (nSPS) is 20.5. The van der Waals surface area contributed by atoms with Crippen LogP contribution >= 0.6 is 0 Å². The summed E-state index contributed by atoms with van der Waals surface area (Å²) in [6.45, 7) is 4.18. The highest BCUT2D eigenvalue weighted by Crippen LogP contribution is 2.41. The Balaban J connectivity index is 2.00. The highest BCUT2D eigenvalue weighted by Gasteiger charge is 2.46. The summed E-state index contributed by atoms with van der Waals surface area (Å²) in [5, 5.41) is 0. The fourth-order valence-electron chi connectivity index (χ4n) is 2.97. The lowest BCUT2D eigenvalue weighted by molar-refractivity contribution is 0.0514. The third-order valence-electron chi connectivity index (χ3n) is 3.91. The topological polar surface area (TPSA) is 37.4 Å². The quantitative estimate of drug-likeness (QED) is 0.765. The predicted molar refractivity (Wildman–Crippen MR) is 68.3 cm³/mol. The van der Waals surface area contributed by atoms with Gasteiger partial charge in [0.15, 0.2) is 0 Å². The molecular formula is C15H17NO2. The van der Waals surface area contributed by atoms with Gasteiger partial charge in [-0.15, -0.1) is 0 Å². The van der Waals surface area contributed by atoms with E-state index in [-0.39, 0.29) is 17.9 Å². The summed E-state index contributed by atoms with van der Waals surface area (Å²) < 4.78 is 0. The highest BCUT2D eigenvalue weighted by molar-refractivity contribution is 6.21. The van der Waals surface area contributed by atoms with Crippen molar-refractivity contribution in [2.45, 2.75) is 32.7 Å². The van der Waals surface area contributed by atoms with E-state index in [9.17, 15) is 9.59 Å². The van der Waals surface area contributed by atoms with Crippen molar-refractivity contribution in [1.29, 1.82) is 0 Å². The van der Waals surface area contributed by atoms with Crippen LogP contribution in [0, 0.1) is 11.8 Å².